The summed E-state index contributed by atoms with van der Waals surface area (Å²) in [6.07, 6.45) is 10.9. The fourth-order valence-electron chi connectivity index (χ4n) is 5.65. The van der Waals surface area contributed by atoms with Crippen LogP contribution in [0.15, 0.2) is 60.8 Å². The van der Waals surface area contributed by atoms with Gasteiger partial charge in [-0.1, -0.05) is 48.0 Å². The second-order valence-corrected chi connectivity index (χ2v) is 10.1. The van der Waals surface area contributed by atoms with E-state index in [1.165, 1.54) is 14.2 Å². The molecular formula is C31H32ClN3O5. The molecule has 2 amide bonds. The van der Waals surface area contributed by atoms with Crippen molar-refractivity contribution in [1.29, 1.82) is 0 Å². The molecule has 2 heterocycles. The molecule has 2 atom stereocenters. The lowest BCUT2D eigenvalue weighted by Gasteiger charge is -2.42. The Morgan fingerprint density at radius 2 is 1.85 bits per heavy atom. The van der Waals surface area contributed by atoms with Crippen LogP contribution in [0.25, 0.3) is 6.08 Å². The molecule has 1 aromatic heterocycles. The molecule has 1 aliphatic heterocycles. The number of anilines is 1. The van der Waals surface area contributed by atoms with E-state index in [9.17, 15) is 9.59 Å². The fraction of sp³-hybridized carbons (Fsp3) is 0.290. The Balaban J connectivity index is 1.68. The molecule has 0 bridgehead atoms. The predicted octanol–water partition coefficient (Wildman–Crippen LogP) is 5.39. The van der Waals surface area contributed by atoms with Gasteiger partial charge in [-0.2, -0.15) is 0 Å². The summed E-state index contributed by atoms with van der Waals surface area (Å²) in [7, 11) is 6.62. The first-order valence-electron chi connectivity index (χ1n) is 13.0. The monoisotopic (exact) mass is 561 g/mol. The molecule has 208 valence electrons. The summed E-state index contributed by atoms with van der Waals surface area (Å²) in [5.41, 5.74) is 4.62. The zero-order chi connectivity index (χ0) is 28.4. The zero-order valence-corrected chi connectivity index (χ0v) is 23.7. The van der Waals surface area contributed by atoms with Crippen molar-refractivity contribution in [2.24, 2.45) is 7.05 Å². The number of nitrogens with zero attached hydrogens (tertiary/aromatic N) is 2. The number of halogens is 1. The Kier molecular flexibility index (Phi) is 8.00. The lowest BCUT2D eigenvalue weighted by Crippen LogP contribution is -2.47. The third-order valence-corrected chi connectivity index (χ3v) is 7.80. The van der Waals surface area contributed by atoms with E-state index < -0.39 is 12.0 Å². The molecule has 40 heavy (non-hydrogen) atoms. The van der Waals surface area contributed by atoms with Crippen molar-refractivity contribution in [1.82, 2.24) is 9.47 Å². The molecule has 1 aliphatic carbocycles. The summed E-state index contributed by atoms with van der Waals surface area (Å²) in [6.45, 7) is 0.653. The minimum Gasteiger partial charge on any atom is -0.495 e. The number of methoxy groups -OCH3 is 3. The first kappa shape index (κ1) is 27.6. The van der Waals surface area contributed by atoms with Crippen molar-refractivity contribution in [3.05, 3.63) is 93.8 Å². The van der Waals surface area contributed by atoms with Crippen LogP contribution in [-0.2, 0) is 23.0 Å². The maximum absolute atomic E-state index is 14.4. The summed E-state index contributed by atoms with van der Waals surface area (Å²) in [6, 6.07) is 9.97. The Labute approximate surface area is 238 Å². The average molecular weight is 562 g/mol. The van der Waals surface area contributed by atoms with Gasteiger partial charge in [-0.15, -0.1) is 0 Å². The number of hydrogen-bond donors (Lipinski definition) is 1. The molecule has 0 saturated heterocycles. The Hall–Kier alpha value is -4.01. The maximum atomic E-state index is 14.4. The number of ether oxygens (including phenoxy) is 3. The van der Waals surface area contributed by atoms with Gasteiger partial charge in [0.15, 0.2) is 0 Å². The minimum atomic E-state index is -0.723. The van der Waals surface area contributed by atoms with Crippen LogP contribution in [0.2, 0.25) is 5.02 Å². The normalized spacial score (nSPS) is 17.7. The van der Waals surface area contributed by atoms with Crippen LogP contribution in [0.3, 0.4) is 0 Å². The summed E-state index contributed by atoms with van der Waals surface area (Å²) in [5, 5.41) is 3.38. The number of amides is 2. The first-order valence-corrected chi connectivity index (χ1v) is 13.4. The van der Waals surface area contributed by atoms with Gasteiger partial charge in [0.1, 0.15) is 11.5 Å². The second kappa shape index (κ2) is 11.6. The largest absolute Gasteiger partial charge is 0.495 e. The van der Waals surface area contributed by atoms with E-state index in [-0.39, 0.29) is 11.8 Å². The Morgan fingerprint density at radius 3 is 2.60 bits per heavy atom. The van der Waals surface area contributed by atoms with Gasteiger partial charge in [0.25, 0.3) is 5.91 Å². The summed E-state index contributed by atoms with van der Waals surface area (Å²) in [5.74, 6) is -0.305. The summed E-state index contributed by atoms with van der Waals surface area (Å²) < 4.78 is 18.3. The predicted molar refractivity (Wildman–Crippen MR) is 155 cm³/mol. The van der Waals surface area contributed by atoms with Crippen LogP contribution in [-0.4, -0.2) is 55.8 Å². The van der Waals surface area contributed by atoms with Crippen LogP contribution in [0.4, 0.5) is 5.69 Å². The number of fused-ring (bicyclic) bond motifs is 2. The van der Waals surface area contributed by atoms with Gasteiger partial charge in [0.05, 0.1) is 43.5 Å². The van der Waals surface area contributed by atoms with Crippen molar-refractivity contribution >= 4 is 35.2 Å². The summed E-state index contributed by atoms with van der Waals surface area (Å²) in [4.78, 5) is 30.1. The number of hydrogen-bond acceptors (Lipinski definition) is 5. The standard InChI is InChI=1S/C31H32ClN3O5/c1-34-18-22(19-10-6-5-7-13-25(19)34)29-28(20-11-8-9-12-21(20)31(37)35(29)14-15-38-2)30(36)33-24-16-23(32)26(39-3)17-27(24)40-4/h5-9,11-13,16-18,28-29H,10,14-15H2,1-4H3,(H,33,36). The fourth-order valence-corrected chi connectivity index (χ4v) is 5.89. The molecule has 2 aromatic carbocycles. The van der Waals surface area contributed by atoms with Crippen LogP contribution in [0.5, 0.6) is 11.5 Å². The number of rotatable bonds is 8. The van der Waals surface area contributed by atoms with Gasteiger partial charge in [-0.25, -0.2) is 0 Å². The quantitative estimate of drug-likeness (QED) is 0.399. The molecule has 0 radical (unpaired) electrons. The Bertz CT molecular complexity index is 1510. The number of benzene rings is 2. The molecule has 5 rings (SSSR count). The average Bonchev–Trinajstić information content (AvgIpc) is 3.10. The molecule has 0 fully saturated rings. The highest BCUT2D eigenvalue weighted by molar-refractivity contribution is 6.32. The van der Waals surface area contributed by atoms with Gasteiger partial charge >= 0.3 is 0 Å². The van der Waals surface area contributed by atoms with Gasteiger partial charge in [-0.3, -0.25) is 9.59 Å². The molecule has 1 N–H and O–H groups in total. The second-order valence-electron chi connectivity index (χ2n) is 9.73. The number of aromatic nitrogens is 1. The molecule has 0 saturated carbocycles. The molecule has 0 spiro atoms. The van der Waals surface area contributed by atoms with Crippen molar-refractivity contribution in [2.75, 3.05) is 39.8 Å². The maximum Gasteiger partial charge on any atom is 0.254 e. The van der Waals surface area contributed by atoms with Gasteiger partial charge in [0.2, 0.25) is 5.91 Å². The summed E-state index contributed by atoms with van der Waals surface area (Å²) >= 11 is 6.42. The van der Waals surface area contributed by atoms with Crippen LogP contribution in [0.1, 0.15) is 44.7 Å². The van der Waals surface area contributed by atoms with E-state index in [1.807, 2.05) is 43.6 Å². The molecule has 2 aliphatic rings. The lowest BCUT2D eigenvalue weighted by molar-refractivity contribution is -0.119. The third kappa shape index (κ3) is 4.89. The van der Waals surface area contributed by atoms with E-state index >= 15 is 0 Å². The SMILES string of the molecule is COCCN1C(=O)c2ccccc2C(C(=O)Nc2cc(Cl)c(OC)cc2OC)C1c1cn(C)c2c1CC=CC=C2. The van der Waals surface area contributed by atoms with Crippen LogP contribution >= 0.6 is 11.6 Å². The zero-order valence-electron chi connectivity index (χ0n) is 22.9. The molecule has 8 nitrogen and oxygen atoms in total. The van der Waals surface area contributed by atoms with Crippen molar-refractivity contribution in [3.63, 3.8) is 0 Å². The number of nitrogens with one attached hydrogen (secondary N) is 1. The highest BCUT2D eigenvalue weighted by atomic mass is 35.5. The van der Waals surface area contributed by atoms with E-state index in [4.69, 9.17) is 25.8 Å². The highest BCUT2D eigenvalue weighted by Crippen LogP contribution is 2.46. The number of aryl methyl sites for hydroxylation is 1. The lowest BCUT2D eigenvalue weighted by atomic mass is 9.78. The highest BCUT2D eigenvalue weighted by Gasteiger charge is 2.45. The van der Waals surface area contributed by atoms with Crippen LogP contribution < -0.4 is 14.8 Å². The van der Waals surface area contributed by atoms with Crippen molar-refractivity contribution in [3.8, 4) is 11.5 Å². The minimum absolute atomic E-state index is 0.135. The van der Waals surface area contributed by atoms with E-state index in [1.54, 1.807) is 30.2 Å². The first-order chi connectivity index (χ1) is 19.4. The number of allylic oxidation sites excluding steroid dienone is 3. The molecule has 3 aromatic rings. The van der Waals surface area contributed by atoms with Gasteiger partial charge in [0, 0.05) is 44.2 Å². The molecule has 2 unspecified atom stereocenters. The van der Waals surface area contributed by atoms with Crippen molar-refractivity contribution in [2.45, 2.75) is 18.4 Å². The van der Waals surface area contributed by atoms with Crippen molar-refractivity contribution < 1.29 is 23.8 Å². The van der Waals surface area contributed by atoms with Gasteiger partial charge in [-0.05, 0) is 41.3 Å². The number of carbonyl (C=O) groups excluding carboxylic acids is 2. The van der Waals surface area contributed by atoms with E-state index in [0.717, 1.165) is 16.8 Å². The smallest absolute Gasteiger partial charge is 0.254 e. The third-order valence-electron chi connectivity index (χ3n) is 7.50. The van der Waals surface area contributed by atoms with E-state index in [0.29, 0.717) is 52.9 Å². The molecular weight excluding hydrogens is 530 g/mol. The Morgan fingerprint density at radius 1 is 1.07 bits per heavy atom. The topological polar surface area (TPSA) is 82.0 Å². The molecule has 9 heteroatoms. The van der Waals surface area contributed by atoms with Gasteiger partial charge < -0.3 is 29.0 Å². The van der Waals surface area contributed by atoms with E-state index in [2.05, 4.69) is 22.0 Å². The van der Waals surface area contributed by atoms with Crippen LogP contribution in [0, 0.1) is 0 Å². The number of carbonyl (C=O) groups is 2.